The van der Waals surface area contributed by atoms with Crippen LogP contribution >= 0.6 is 0 Å². The molecule has 44 heavy (non-hydrogen) atoms. The predicted molar refractivity (Wildman–Crippen MR) is 172 cm³/mol. The van der Waals surface area contributed by atoms with Gasteiger partial charge in [0.2, 0.25) is 0 Å². The summed E-state index contributed by atoms with van der Waals surface area (Å²) < 4.78 is 6.14. The third-order valence-corrected chi connectivity index (χ3v) is 8.00. The summed E-state index contributed by atoms with van der Waals surface area (Å²) in [6, 6.07) is 27.0. The quantitative estimate of drug-likeness (QED) is 0.138. The number of allylic oxidation sites excluding steroid dienone is 3. The first kappa shape index (κ1) is 32.4. The second-order valence-corrected chi connectivity index (χ2v) is 12.1. The Morgan fingerprint density at radius 2 is 1.50 bits per heavy atom. The molecule has 1 unspecified atom stereocenters. The van der Waals surface area contributed by atoms with Gasteiger partial charge in [-0.1, -0.05) is 72.8 Å². The molecule has 0 fully saturated rings. The topological polar surface area (TPSA) is 102 Å². The van der Waals surface area contributed by atoms with Crippen LogP contribution in [0.1, 0.15) is 69.6 Å². The Kier molecular flexibility index (Phi) is 10.2. The molecule has 0 saturated heterocycles. The van der Waals surface area contributed by atoms with E-state index in [-0.39, 0.29) is 23.0 Å². The van der Waals surface area contributed by atoms with Crippen LogP contribution in [0.3, 0.4) is 0 Å². The normalized spacial score (nSPS) is 15.4. The molecule has 230 valence electrons. The van der Waals surface area contributed by atoms with Crippen molar-refractivity contribution in [2.24, 2.45) is 0 Å². The number of hydrogen-bond donors (Lipinski definition) is 1. The van der Waals surface area contributed by atoms with Crippen molar-refractivity contribution in [1.29, 1.82) is 0 Å². The van der Waals surface area contributed by atoms with Crippen molar-refractivity contribution in [3.05, 3.63) is 134 Å². The van der Waals surface area contributed by atoms with Gasteiger partial charge in [0.15, 0.2) is 5.78 Å². The molecule has 1 atom stereocenters. The molecule has 0 bridgehead atoms. The van der Waals surface area contributed by atoms with Crippen LogP contribution in [0.25, 0.3) is 0 Å². The second kappa shape index (κ2) is 13.8. The highest BCUT2D eigenvalue weighted by Gasteiger charge is 2.38. The van der Waals surface area contributed by atoms with Gasteiger partial charge in [0.05, 0.1) is 10.5 Å². The Labute approximate surface area is 259 Å². The first-order valence-corrected chi connectivity index (χ1v) is 14.8. The van der Waals surface area contributed by atoms with Gasteiger partial charge in [-0.2, -0.15) is 0 Å². The largest absolute Gasteiger partial charge is 0.455 e. The first-order chi connectivity index (χ1) is 20.9. The van der Waals surface area contributed by atoms with E-state index in [2.05, 4.69) is 58.7 Å². The van der Waals surface area contributed by atoms with E-state index < -0.39 is 22.4 Å². The van der Waals surface area contributed by atoms with Gasteiger partial charge in [-0.3, -0.25) is 14.9 Å². The van der Waals surface area contributed by atoms with Gasteiger partial charge in [-0.25, -0.2) is 4.79 Å². The maximum Gasteiger partial charge on any atom is 0.337 e. The lowest BCUT2D eigenvalue weighted by molar-refractivity contribution is -0.384. The standard InChI is InChI=1S/C36H41N3O5/c1-24-32(26(3)40)34(29-18-13-19-30(22-29)39(42)43)33(25(2)37-24)35(41)44-36(4,5)23-38(6)21-20-31(27-14-9-7-10-15-27)28-16-11-8-12-17-28/h7-19,22,31,34,37H,20-21,23H2,1-6H3. The number of hydrogen-bond acceptors (Lipinski definition) is 7. The lowest BCUT2D eigenvalue weighted by atomic mass is 9.79. The van der Waals surface area contributed by atoms with Crippen LogP contribution in [0.5, 0.6) is 0 Å². The summed E-state index contributed by atoms with van der Waals surface area (Å²) >= 11 is 0. The fourth-order valence-corrected chi connectivity index (χ4v) is 6.20. The average Bonchev–Trinajstić information content (AvgIpc) is 2.97. The van der Waals surface area contributed by atoms with Gasteiger partial charge >= 0.3 is 5.97 Å². The van der Waals surface area contributed by atoms with Crippen molar-refractivity contribution < 1.29 is 19.2 Å². The zero-order valence-corrected chi connectivity index (χ0v) is 26.3. The van der Waals surface area contributed by atoms with Crippen molar-refractivity contribution in [2.75, 3.05) is 20.1 Å². The number of carbonyl (C=O) groups is 2. The SMILES string of the molecule is CC(=O)C1=C(C)NC(C)=C(C(=O)OC(C)(C)CN(C)CCC(c2ccccc2)c2ccccc2)C1c1cccc([N+](=O)[O-])c1. The summed E-state index contributed by atoms with van der Waals surface area (Å²) in [5.74, 6) is -1.37. The van der Waals surface area contributed by atoms with E-state index in [1.807, 2.05) is 33.0 Å². The molecule has 8 nitrogen and oxygen atoms in total. The van der Waals surface area contributed by atoms with Crippen molar-refractivity contribution in [1.82, 2.24) is 10.2 Å². The number of nitrogens with zero attached hydrogens (tertiary/aromatic N) is 2. The van der Waals surface area contributed by atoms with E-state index in [4.69, 9.17) is 4.74 Å². The lowest BCUT2D eigenvalue weighted by Crippen LogP contribution is -2.42. The van der Waals surface area contributed by atoms with E-state index in [0.717, 1.165) is 13.0 Å². The van der Waals surface area contributed by atoms with Gasteiger partial charge in [0.25, 0.3) is 5.69 Å². The van der Waals surface area contributed by atoms with Crippen LogP contribution in [-0.2, 0) is 14.3 Å². The molecular formula is C36H41N3O5. The fraction of sp³-hybridized carbons (Fsp3) is 0.333. The van der Waals surface area contributed by atoms with Crippen LogP contribution in [0.15, 0.2) is 107 Å². The number of esters is 1. The van der Waals surface area contributed by atoms with Crippen LogP contribution in [0.2, 0.25) is 0 Å². The monoisotopic (exact) mass is 595 g/mol. The highest BCUT2D eigenvalue weighted by molar-refractivity contribution is 6.02. The summed E-state index contributed by atoms with van der Waals surface area (Å²) in [6.45, 7) is 9.95. The number of non-ortho nitro benzene ring substituents is 1. The Morgan fingerprint density at radius 1 is 0.932 bits per heavy atom. The van der Waals surface area contributed by atoms with Crippen LogP contribution < -0.4 is 5.32 Å². The Morgan fingerprint density at radius 3 is 2.05 bits per heavy atom. The number of Topliss-reactive ketones (excluding diaryl/α,β-unsaturated/α-hetero) is 1. The lowest BCUT2D eigenvalue weighted by Gasteiger charge is -2.34. The minimum Gasteiger partial charge on any atom is -0.455 e. The molecule has 0 saturated carbocycles. The third kappa shape index (κ3) is 7.68. The predicted octanol–water partition coefficient (Wildman–Crippen LogP) is 6.89. The van der Waals surface area contributed by atoms with E-state index in [0.29, 0.717) is 29.1 Å². The molecule has 0 radical (unpaired) electrons. The smallest absolute Gasteiger partial charge is 0.337 e. The van der Waals surface area contributed by atoms with Crippen LogP contribution in [-0.4, -0.2) is 47.3 Å². The molecule has 4 rings (SSSR count). The van der Waals surface area contributed by atoms with Crippen LogP contribution in [0, 0.1) is 10.1 Å². The molecule has 0 aliphatic carbocycles. The number of benzene rings is 3. The molecular weight excluding hydrogens is 554 g/mol. The number of rotatable bonds is 12. The van der Waals surface area contributed by atoms with Gasteiger partial charge in [0, 0.05) is 47.5 Å². The summed E-state index contributed by atoms with van der Waals surface area (Å²) in [7, 11) is 2.02. The Hall–Kier alpha value is -4.56. The summed E-state index contributed by atoms with van der Waals surface area (Å²) in [5, 5.41) is 14.7. The van der Waals surface area contributed by atoms with Crippen LogP contribution in [0.4, 0.5) is 5.69 Å². The van der Waals surface area contributed by atoms with Crippen molar-refractivity contribution in [3.63, 3.8) is 0 Å². The molecule has 1 aliphatic heterocycles. The zero-order valence-electron chi connectivity index (χ0n) is 26.3. The Bertz CT molecular complexity index is 1540. The molecule has 3 aromatic rings. The van der Waals surface area contributed by atoms with Gasteiger partial charge in [0.1, 0.15) is 5.60 Å². The minimum atomic E-state index is -0.867. The first-order valence-electron chi connectivity index (χ1n) is 14.8. The van der Waals surface area contributed by atoms with Crippen molar-refractivity contribution >= 4 is 17.4 Å². The fourth-order valence-electron chi connectivity index (χ4n) is 6.20. The number of carbonyl (C=O) groups excluding carboxylic acids is 2. The maximum absolute atomic E-state index is 13.9. The van der Waals surface area contributed by atoms with Gasteiger partial charge in [-0.15, -0.1) is 0 Å². The van der Waals surface area contributed by atoms with E-state index in [9.17, 15) is 19.7 Å². The number of ketones is 1. The zero-order chi connectivity index (χ0) is 32.0. The number of nitro benzene ring substituents is 1. The highest BCUT2D eigenvalue weighted by atomic mass is 16.6. The maximum atomic E-state index is 13.9. The number of ether oxygens (including phenoxy) is 1. The van der Waals surface area contributed by atoms with Gasteiger partial charge < -0.3 is 15.0 Å². The molecule has 8 heteroatoms. The highest BCUT2D eigenvalue weighted by Crippen LogP contribution is 2.40. The van der Waals surface area contributed by atoms with Crippen molar-refractivity contribution in [3.8, 4) is 0 Å². The number of nitro groups is 1. The minimum absolute atomic E-state index is 0.113. The Balaban J connectivity index is 1.53. The number of dihydropyridines is 1. The summed E-state index contributed by atoms with van der Waals surface area (Å²) in [4.78, 5) is 40.0. The van der Waals surface area contributed by atoms with E-state index >= 15 is 0 Å². The molecule has 1 aliphatic rings. The summed E-state index contributed by atoms with van der Waals surface area (Å²) in [5.41, 5.74) is 3.81. The molecule has 0 aromatic heterocycles. The summed E-state index contributed by atoms with van der Waals surface area (Å²) in [6.07, 6.45) is 0.879. The third-order valence-electron chi connectivity index (χ3n) is 8.00. The molecule has 0 amide bonds. The molecule has 0 spiro atoms. The van der Waals surface area contributed by atoms with Crippen molar-refractivity contribution in [2.45, 2.75) is 58.5 Å². The van der Waals surface area contributed by atoms with E-state index in [1.54, 1.807) is 26.0 Å². The average molecular weight is 596 g/mol. The molecule has 3 aromatic carbocycles. The molecule has 1 N–H and O–H groups in total. The number of nitrogens with one attached hydrogen (secondary N) is 1. The van der Waals surface area contributed by atoms with E-state index in [1.165, 1.54) is 30.2 Å². The van der Waals surface area contributed by atoms with Gasteiger partial charge in [-0.05, 0) is 71.3 Å². The second-order valence-electron chi connectivity index (χ2n) is 12.1. The molecule has 1 heterocycles. The number of likely N-dealkylation sites (N-methyl/N-ethyl adjacent to an activating group) is 1.